The number of phenols is 1. The van der Waals surface area contributed by atoms with Gasteiger partial charge in [0, 0.05) is 5.54 Å². The van der Waals surface area contributed by atoms with Crippen LogP contribution in [0.4, 0.5) is 10.5 Å². The first-order valence-corrected chi connectivity index (χ1v) is 6.85. The Labute approximate surface area is 124 Å². The molecule has 1 aromatic carbocycles. The molecule has 6 nitrogen and oxygen atoms in total. The van der Waals surface area contributed by atoms with Crippen molar-refractivity contribution in [1.29, 1.82) is 0 Å². The number of ether oxygens (including phenoxy) is 2. The molecule has 4 N–H and O–H groups in total. The lowest BCUT2D eigenvalue weighted by atomic mass is 10.0. The number of carbonyl (C=O) groups excluding carboxylic acids is 1. The highest BCUT2D eigenvalue weighted by Gasteiger charge is 2.41. The van der Waals surface area contributed by atoms with Gasteiger partial charge in [0.1, 0.15) is 5.60 Å². The molecule has 6 heteroatoms. The van der Waals surface area contributed by atoms with Gasteiger partial charge in [0.2, 0.25) is 0 Å². The summed E-state index contributed by atoms with van der Waals surface area (Å²) in [5.41, 5.74) is 6.20. The number of hydrogen-bond donors (Lipinski definition) is 3. The normalized spacial score (nSPS) is 16.2. The smallest absolute Gasteiger partial charge is 0.412 e. The summed E-state index contributed by atoms with van der Waals surface area (Å²) >= 11 is 0. The third-order valence-corrected chi connectivity index (χ3v) is 3.29. The number of methoxy groups -OCH3 is 1. The van der Waals surface area contributed by atoms with Gasteiger partial charge in [0.25, 0.3) is 0 Å². The van der Waals surface area contributed by atoms with E-state index < -0.39 is 17.2 Å². The fraction of sp³-hybridized carbons (Fsp3) is 0.533. The molecule has 0 aromatic heterocycles. The van der Waals surface area contributed by atoms with Crippen molar-refractivity contribution >= 4 is 11.8 Å². The molecule has 0 unspecified atom stereocenters. The number of phenolic OH excluding ortho intramolecular Hbond substituents is 1. The molecule has 1 aliphatic rings. The zero-order valence-corrected chi connectivity index (χ0v) is 12.8. The molecular formula is C15H22N2O4. The van der Waals surface area contributed by atoms with Gasteiger partial charge in [-0.05, 0) is 51.3 Å². The second-order valence-electron chi connectivity index (χ2n) is 6.36. The molecular weight excluding hydrogens is 272 g/mol. The third kappa shape index (κ3) is 3.58. The molecule has 0 spiro atoms. The van der Waals surface area contributed by atoms with Gasteiger partial charge in [-0.15, -0.1) is 0 Å². The van der Waals surface area contributed by atoms with E-state index in [4.69, 9.17) is 15.2 Å². The molecule has 116 valence electrons. The summed E-state index contributed by atoms with van der Waals surface area (Å²) in [6, 6.07) is 3.36. The van der Waals surface area contributed by atoms with Crippen molar-refractivity contribution in [2.45, 2.75) is 44.8 Å². The summed E-state index contributed by atoms with van der Waals surface area (Å²) in [6.07, 6.45) is 1.10. The molecule has 1 fully saturated rings. The largest absolute Gasteiger partial charge is 0.503 e. The second-order valence-corrected chi connectivity index (χ2v) is 6.36. The van der Waals surface area contributed by atoms with E-state index in [0.717, 1.165) is 18.4 Å². The Kier molecular flexibility index (Phi) is 3.76. The maximum Gasteiger partial charge on any atom is 0.412 e. The Morgan fingerprint density at radius 2 is 2.00 bits per heavy atom. The number of hydrogen-bond acceptors (Lipinski definition) is 5. The molecule has 1 aliphatic carbocycles. The van der Waals surface area contributed by atoms with Crippen molar-refractivity contribution in [1.82, 2.24) is 0 Å². The van der Waals surface area contributed by atoms with E-state index in [9.17, 15) is 9.90 Å². The van der Waals surface area contributed by atoms with Crippen LogP contribution < -0.4 is 15.8 Å². The van der Waals surface area contributed by atoms with Crippen LogP contribution in [-0.4, -0.2) is 23.9 Å². The van der Waals surface area contributed by atoms with E-state index in [0.29, 0.717) is 0 Å². The van der Waals surface area contributed by atoms with Crippen LogP contribution in [-0.2, 0) is 10.3 Å². The third-order valence-electron chi connectivity index (χ3n) is 3.29. The number of aromatic hydroxyl groups is 1. The van der Waals surface area contributed by atoms with E-state index >= 15 is 0 Å². The van der Waals surface area contributed by atoms with Crippen LogP contribution in [0.15, 0.2) is 12.1 Å². The predicted octanol–water partition coefficient (Wildman–Crippen LogP) is 2.70. The molecule has 1 saturated carbocycles. The number of carbonyl (C=O) groups is 1. The fourth-order valence-corrected chi connectivity index (χ4v) is 1.98. The highest BCUT2D eigenvalue weighted by molar-refractivity contribution is 5.88. The predicted molar refractivity (Wildman–Crippen MR) is 79.6 cm³/mol. The Balaban J connectivity index is 2.28. The topological polar surface area (TPSA) is 93.8 Å². The van der Waals surface area contributed by atoms with Gasteiger partial charge >= 0.3 is 6.09 Å². The quantitative estimate of drug-likeness (QED) is 0.745. The van der Waals surface area contributed by atoms with E-state index in [1.165, 1.54) is 7.11 Å². The Hall–Kier alpha value is -1.95. The zero-order valence-electron chi connectivity index (χ0n) is 12.8. The van der Waals surface area contributed by atoms with Gasteiger partial charge in [-0.2, -0.15) is 0 Å². The maximum absolute atomic E-state index is 11.8. The monoisotopic (exact) mass is 294 g/mol. The van der Waals surface area contributed by atoms with Crippen LogP contribution in [0.25, 0.3) is 0 Å². The molecule has 0 radical (unpaired) electrons. The number of anilines is 1. The van der Waals surface area contributed by atoms with E-state index in [-0.39, 0.29) is 17.2 Å². The summed E-state index contributed by atoms with van der Waals surface area (Å²) in [6.45, 7) is 5.30. The minimum Gasteiger partial charge on any atom is -0.503 e. The Morgan fingerprint density at radius 1 is 1.38 bits per heavy atom. The van der Waals surface area contributed by atoms with Gasteiger partial charge in [-0.3, -0.25) is 5.32 Å². The highest BCUT2D eigenvalue weighted by atomic mass is 16.6. The fourth-order valence-electron chi connectivity index (χ4n) is 1.98. The Bertz CT molecular complexity index is 560. The number of nitrogens with one attached hydrogen (secondary N) is 1. The van der Waals surface area contributed by atoms with Crippen LogP contribution in [0.1, 0.15) is 39.2 Å². The standard InChI is InChI=1S/C15H22N2O4/c1-14(2,3)21-13(19)17-10-7-9(15(16)5-6-15)8-11(20-4)12(10)18/h7-8,18H,5-6,16H2,1-4H3,(H,17,19). The van der Waals surface area contributed by atoms with Crippen LogP contribution in [0.5, 0.6) is 11.5 Å². The van der Waals surface area contributed by atoms with Crippen molar-refractivity contribution in [3.05, 3.63) is 17.7 Å². The van der Waals surface area contributed by atoms with Crippen LogP contribution in [0.3, 0.4) is 0 Å². The molecule has 2 rings (SSSR count). The van der Waals surface area contributed by atoms with Gasteiger partial charge in [0.15, 0.2) is 11.5 Å². The van der Waals surface area contributed by atoms with E-state index in [1.807, 2.05) is 0 Å². The number of benzene rings is 1. The lowest BCUT2D eigenvalue weighted by Gasteiger charge is -2.21. The van der Waals surface area contributed by atoms with Crippen LogP contribution in [0.2, 0.25) is 0 Å². The van der Waals surface area contributed by atoms with Crippen molar-refractivity contribution in [2.75, 3.05) is 12.4 Å². The first-order valence-electron chi connectivity index (χ1n) is 6.85. The molecule has 0 saturated heterocycles. The molecule has 1 aromatic rings. The van der Waals surface area contributed by atoms with Gasteiger partial charge < -0.3 is 20.3 Å². The first-order chi connectivity index (χ1) is 9.64. The molecule has 0 bridgehead atoms. The number of nitrogens with two attached hydrogens (primary N) is 1. The summed E-state index contributed by atoms with van der Waals surface area (Å²) in [4.78, 5) is 11.8. The van der Waals surface area contributed by atoms with Crippen molar-refractivity contribution in [3.8, 4) is 11.5 Å². The highest BCUT2D eigenvalue weighted by Crippen LogP contribution is 2.47. The lowest BCUT2D eigenvalue weighted by molar-refractivity contribution is 0.0635. The van der Waals surface area contributed by atoms with E-state index in [2.05, 4.69) is 5.32 Å². The summed E-state index contributed by atoms with van der Waals surface area (Å²) < 4.78 is 10.3. The maximum atomic E-state index is 11.8. The van der Waals surface area contributed by atoms with Gasteiger partial charge in [0.05, 0.1) is 12.8 Å². The minimum absolute atomic E-state index is 0.142. The van der Waals surface area contributed by atoms with Crippen LogP contribution in [0, 0.1) is 0 Å². The summed E-state index contributed by atoms with van der Waals surface area (Å²) in [7, 11) is 1.45. The van der Waals surface area contributed by atoms with Crippen molar-refractivity contribution in [2.24, 2.45) is 5.73 Å². The average molecular weight is 294 g/mol. The van der Waals surface area contributed by atoms with Crippen molar-refractivity contribution < 1.29 is 19.4 Å². The molecule has 0 aliphatic heterocycles. The zero-order chi connectivity index (χ0) is 15.8. The lowest BCUT2D eigenvalue weighted by Crippen LogP contribution is -2.27. The van der Waals surface area contributed by atoms with Gasteiger partial charge in [-0.25, -0.2) is 4.79 Å². The minimum atomic E-state index is -0.640. The molecule has 0 atom stereocenters. The van der Waals surface area contributed by atoms with Crippen molar-refractivity contribution in [3.63, 3.8) is 0 Å². The second kappa shape index (κ2) is 5.11. The molecule has 0 heterocycles. The summed E-state index contributed by atoms with van der Waals surface area (Å²) in [5.74, 6) is 0.131. The average Bonchev–Trinajstić information content (AvgIpc) is 3.08. The number of rotatable bonds is 3. The SMILES string of the molecule is COc1cc(C2(N)CC2)cc(NC(=O)OC(C)(C)C)c1O. The molecule has 21 heavy (non-hydrogen) atoms. The Morgan fingerprint density at radius 3 is 2.48 bits per heavy atom. The van der Waals surface area contributed by atoms with Crippen LogP contribution >= 0.6 is 0 Å². The first kappa shape index (κ1) is 15.4. The number of amides is 1. The molecule has 1 amide bonds. The van der Waals surface area contributed by atoms with Gasteiger partial charge in [-0.1, -0.05) is 0 Å². The summed E-state index contributed by atoms with van der Waals surface area (Å²) in [5, 5.41) is 12.6. The van der Waals surface area contributed by atoms with E-state index in [1.54, 1.807) is 32.9 Å².